The van der Waals surface area contributed by atoms with E-state index in [1.54, 1.807) is 18.2 Å². The molecule has 82 valence electrons. The van der Waals surface area contributed by atoms with E-state index >= 15 is 0 Å². The average Bonchev–Trinajstić information content (AvgIpc) is 2.23. The van der Waals surface area contributed by atoms with Crippen molar-refractivity contribution in [3.05, 3.63) is 34.1 Å². The van der Waals surface area contributed by atoms with Crippen molar-refractivity contribution in [3.63, 3.8) is 0 Å². The minimum absolute atomic E-state index is 0.273. The summed E-state index contributed by atoms with van der Waals surface area (Å²) in [5.74, 6) is -0.0476. The van der Waals surface area contributed by atoms with Crippen LogP contribution in [0.5, 0.6) is 5.75 Å². The summed E-state index contributed by atoms with van der Waals surface area (Å²) in [4.78, 5) is 0. The van der Waals surface area contributed by atoms with E-state index in [4.69, 9.17) is 4.74 Å². The number of halogens is 2. The van der Waals surface area contributed by atoms with Gasteiger partial charge in [0.1, 0.15) is 0 Å². The van der Waals surface area contributed by atoms with Gasteiger partial charge in [-0.15, -0.1) is 0 Å². The van der Waals surface area contributed by atoms with Crippen molar-refractivity contribution in [2.75, 3.05) is 7.11 Å². The summed E-state index contributed by atoms with van der Waals surface area (Å²) in [6, 6.07) is 3.39. The molecule has 0 aliphatic carbocycles. The molecule has 0 fully saturated rings. The van der Waals surface area contributed by atoms with E-state index in [-0.39, 0.29) is 11.6 Å². The third-order valence-corrected chi connectivity index (χ3v) is 2.74. The molecule has 0 spiro atoms. The lowest BCUT2D eigenvalue weighted by Gasteiger charge is -2.06. The molecule has 0 N–H and O–H groups in total. The number of rotatable bonds is 4. The van der Waals surface area contributed by atoms with Crippen LogP contribution in [-0.4, -0.2) is 7.11 Å². The molecule has 3 heteroatoms. The Morgan fingerprint density at radius 1 is 1.47 bits per heavy atom. The van der Waals surface area contributed by atoms with Crippen LogP contribution in [0.25, 0.3) is 6.08 Å². The Balaban J connectivity index is 3.04. The number of methoxy groups -OCH3 is 1. The van der Waals surface area contributed by atoms with Gasteiger partial charge in [-0.25, -0.2) is 4.39 Å². The lowest BCUT2D eigenvalue weighted by molar-refractivity contribution is 0.386. The maximum absolute atomic E-state index is 13.8. The number of unbranched alkanes of at least 4 members (excludes halogenated alkanes) is 1. The molecule has 1 rings (SSSR count). The van der Waals surface area contributed by atoms with Gasteiger partial charge in [0.25, 0.3) is 0 Å². The van der Waals surface area contributed by atoms with Gasteiger partial charge in [-0.05, 0) is 18.6 Å². The van der Waals surface area contributed by atoms with Gasteiger partial charge in [-0.1, -0.05) is 41.4 Å². The Hall–Kier alpha value is -0.830. The fourth-order valence-electron chi connectivity index (χ4n) is 1.23. The monoisotopic (exact) mass is 272 g/mol. The van der Waals surface area contributed by atoms with Crippen molar-refractivity contribution in [1.29, 1.82) is 0 Å². The Morgan fingerprint density at radius 3 is 2.80 bits per heavy atom. The molecule has 0 saturated carbocycles. The van der Waals surface area contributed by atoms with E-state index in [0.717, 1.165) is 17.3 Å². The molecule has 0 amide bonds. The van der Waals surface area contributed by atoms with E-state index in [0.29, 0.717) is 5.56 Å². The zero-order valence-electron chi connectivity index (χ0n) is 8.89. The summed E-state index contributed by atoms with van der Waals surface area (Å²) in [6.07, 6.45) is 5.75. The van der Waals surface area contributed by atoms with E-state index in [1.165, 1.54) is 7.11 Å². The van der Waals surface area contributed by atoms with Gasteiger partial charge in [0, 0.05) is 10.0 Å². The minimum Gasteiger partial charge on any atom is -0.494 e. The second-order valence-electron chi connectivity index (χ2n) is 3.17. The molecule has 15 heavy (non-hydrogen) atoms. The highest BCUT2D eigenvalue weighted by Gasteiger charge is 2.09. The lowest BCUT2D eigenvalue weighted by Crippen LogP contribution is -1.91. The van der Waals surface area contributed by atoms with Crippen LogP contribution < -0.4 is 4.74 Å². The fourth-order valence-corrected chi connectivity index (χ4v) is 1.67. The lowest BCUT2D eigenvalue weighted by atomic mass is 10.1. The van der Waals surface area contributed by atoms with Crippen LogP contribution in [-0.2, 0) is 0 Å². The fraction of sp³-hybridized carbons (Fsp3) is 0.333. The number of allylic oxidation sites excluding steroid dienone is 1. The maximum atomic E-state index is 13.8. The molecule has 1 aromatic rings. The molecular weight excluding hydrogens is 259 g/mol. The highest BCUT2D eigenvalue weighted by Crippen LogP contribution is 2.28. The molecule has 1 nitrogen and oxygen atoms in total. The summed E-state index contributed by atoms with van der Waals surface area (Å²) >= 11 is 3.32. The summed E-state index contributed by atoms with van der Waals surface area (Å²) in [6.45, 7) is 2.08. The molecule has 0 bridgehead atoms. The van der Waals surface area contributed by atoms with Crippen LogP contribution in [0.4, 0.5) is 4.39 Å². The first-order chi connectivity index (χ1) is 7.20. The molecule has 0 heterocycles. The molecule has 0 radical (unpaired) electrons. The number of benzene rings is 1. The predicted molar refractivity (Wildman–Crippen MR) is 64.6 cm³/mol. The Morgan fingerprint density at radius 2 is 2.20 bits per heavy atom. The second kappa shape index (κ2) is 5.91. The maximum Gasteiger partial charge on any atom is 0.173 e. The van der Waals surface area contributed by atoms with Gasteiger partial charge in [-0.3, -0.25) is 0 Å². The van der Waals surface area contributed by atoms with Crippen molar-refractivity contribution >= 4 is 22.0 Å². The zero-order chi connectivity index (χ0) is 11.3. The average molecular weight is 273 g/mol. The second-order valence-corrected chi connectivity index (χ2v) is 4.02. The smallest absolute Gasteiger partial charge is 0.173 e. The zero-order valence-corrected chi connectivity index (χ0v) is 10.5. The molecular formula is C12H14BrFO. The highest BCUT2D eigenvalue weighted by atomic mass is 79.9. The molecule has 0 aromatic heterocycles. The Kier molecular flexibility index (Phi) is 4.82. The number of ether oxygens (including phenoxy) is 1. The topological polar surface area (TPSA) is 9.23 Å². The van der Waals surface area contributed by atoms with Crippen molar-refractivity contribution in [1.82, 2.24) is 0 Å². The van der Waals surface area contributed by atoms with Gasteiger partial charge in [0.2, 0.25) is 0 Å². The van der Waals surface area contributed by atoms with Crippen LogP contribution in [0, 0.1) is 5.82 Å². The van der Waals surface area contributed by atoms with E-state index in [9.17, 15) is 4.39 Å². The quantitative estimate of drug-likeness (QED) is 0.789. The third kappa shape index (κ3) is 3.06. The Bertz CT molecular complexity index is 361. The van der Waals surface area contributed by atoms with Crippen molar-refractivity contribution in [3.8, 4) is 5.75 Å². The summed E-state index contributed by atoms with van der Waals surface area (Å²) in [5.41, 5.74) is 0.544. The highest BCUT2D eigenvalue weighted by molar-refractivity contribution is 9.10. The van der Waals surface area contributed by atoms with Gasteiger partial charge in [0.05, 0.1) is 7.11 Å². The summed E-state index contributed by atoms with van der Waals surface area (Å²) in [5, 5.41) is 0. The molecule has 0 atom stereocenters. The van der Waals surface area contributed by atoms with Gasteiger partial charge < -0.3 is 4.74 Å². The van der Waals surface area contributed by atoms with Crippen LogP contribution in [0.1, 0.15) is 25.3 Å². The SMILES string of the molecule is CCC/C=C\c1c(Br)ccc(OC)c1F. The van der Waals surface area contributed by atoms with E-state index < -0.39 is 0 Å². The first-order valence-electron chi connectivity index (χ1n) is 4.89. The summed E-state index contributed by atoms with van der Waals surface area (Å²) < 4.78 is 19.4. The normalized spacial score (nSPS) is 10.9. The largest absolute Gasteiger partial charge is 0.494 e. The first kappa shape index (κ1) is 12.2. The van der Waals surface area contributed by atoms with Gasteiger partial charge in [-0.2, -0.15) is 0 Å². The molecule has 1 aromatic carbocycles. The first-order valence-corrected chi connectivity index (χ1v) is 5.68. The van der Waals surface area contributed by atoms with Crippen molar-refractivity contribution in [2.24, 2.45) is 0 Å². The number of hydrogen-bond acceptors (Lipinski definition) is 1. The molecule has 0 aliphatic rings. The van der Waals surface area contributed by atoms with Crippen molar-refractivity contribution in [2.45, 2.75) is 19.8 Å². The van der Waals surface area contributed by atoms with E-state index in [1.807, 2.05) is 6.08 Å². The van der Waals surface area contributed by atoms with Crippen LogP contribution in [0.15, 0.2) is 22.7 Å². The molecule has 0 unspecified atom stereocenters. The van der Waals surface area contributed by atoms with E-state index in [2.05, 4.69) is 22.9 Å². The molecule has 0 aliphatic heterocycles. The third-order valence-electron chi connectivity index (χ3n) is 2.05. The van der Waals surface area contributed by atoms with Gasteiger partial charge >= 0.3 is 0 Å². The Labute approximate surface area is 98.1 Å². The van der Waals surface area contributed by atoms with Crippen LogP contribution in [0.3, 0.4) is 0 Å². The van der Waals surface area contributed by atoms with Crippen molar-refractivity contribution < 1.29 is 9.13 Å². The minimum atomic E-state index is -0.320. The standard InChI is InChI=1S/C12H14BrFO/c1-3-4-5-6-9-10(13)7-8-11(15-2)12(9)14/h5-8H,3-4H2,1-2H3/b6-5-. The number of hydrogen-bond donors (Lipinski definition) is 0. The molecule has 0 saturated heterocycles. The van der Waals surface area contributed by atoms with Crippen LogP contribution in [0.2, 0.25) is 0 Å². The summed E-state index contributed by atoms with van der Waals surface area (Å²) in [7, 11) is 1.46. The van der Waals surface area contributed by atoms with Crippen LogP contribution >= 0.6 is 15.9 Å². The van der Waals surface area contributed by atoms with Gasteiger partial charge in [0.15, 0.2) is 11.6 Å². The predicted octanol–water partition coefficient (Wildman–Crippen LogP) is 4.41.